The lowest BCUT2D eigenvalue weighted by molar-refractivity contribution is 0.414. The summed E-state index contributed by atoms with van der Waals surface area (Å²) in [6.07, 6.45) is 5.34. The Morgan fingerprint density at radius 1 is 1.11 bits per heavy atom. The molecule has 1 saturated heterocycles. The average Bonchev–Trinajstić information content (AvgIpc) is 3.26. The molecule has 1 aliphatic rings. The monoisotopic (exact) mass is 367 g/mol. The van der Waals surface area contributed by atoms with E-state index < -0.39 is 0 Å². The summed E-state index contributed by atoms with van der Waals surface area (Å²) < 4.78 is 5.19. The molecular formula is C21H29N5O. The number of nitrogens with zero attached hydrogens (tertiary/aromatic N) is 3. The number of guanidine groups is 1. The molecule has 0 aliphatic carbocycles. The van der Waals surface area contributed by atoms with Gasteiger partial charge in [0.25, 0.3) is 0 Å². The first kappa shape index (κ1) is 19.0. The fraction of sp³-hybridized carbons (Fsp3) is 0.429. The minimum atomic E-state index is 0.728. The summed E-state index contributed by atoms with van der Waals surface area (Å²) in [5, 5.41) is 6.75. The van der Waals surface area contributed by atoms with Crippen molar-refractivity contribution in [1.82, 2.24) is 15.6 Å². The number of hydrogen-bond donors (Lipinski definition) is 2. The third-order valence-electron chi connectivity index (χ3n) is 4.79. The van der Waals surface area contributed by atoms with E-state index in [2.05, 4.69) is 49.8 Å². The molecule has 0 radical (unpaired) electrons. The van der Waals surface area contributed by atoms with Crippen LogP contribution < -0.4 is 20.3 Å². The molecule has 2 heterocycles. The van der Waals surface area contributed by atoms with Crippen LogP contribution in [-0.2, 0) is 13.0 Å². The van der Waals surface area contributed by atoms with E-state index in [0.717, 1.165) is 50.1 Å². The van der Waals surface area contributed by atoms with E-state index in [1.807, 2.05) is 18.3 Å². The number of pyridine rings is 1. The van der Waals surface area contributed by atoms with Gasteiger partial charge in [-0.1, -0.05) is 12.1 Å². The number of anilines is 1. The van der Waals surface area contributed by atoms with E-state index >= 15 is 0 Å². The smallest absolute Gasteiger partial charge is 0.191 e. The van der Waals surface area contributed by atoms with Crippen LogP contribution in [-0.4, -0.2) is 44.7 Å². The molecule has 0 spiro atoms. The first-order valence-electron chi connectivity index (χ1n) is 9.56. The van der Waals surface area contributed by atoms with Gasteiger partial charge in [-0.3, -0.25) is 4.99 Å². The molecule has 1 aromatic heterocycles. The molecule has 6 nitrogen and oxygen atoms in total. The van der Waals surface area contributed by atoms with Crippen LogP contribution in [0.15, 0.2) is 47.6 Å². The van der Waals surface area contributed by atoms with E-state index in [4.69, 9.17) is 4.74 Å². The summed E-state index contributed by atoms with van der Waals surface area (Å²) in [6, 6.07) is 12.4. The maximum absolute atomic E-state index is 5.19. The van der Waals surface area contributed by atoms with Crippen LogP contribution >= 0.6 is 0 Å². The summed E-state index contributed by atoms with van der Waals surface area (Å²) in [5.41, 5.74) is 2.48. The molecule has 0 saturated carbocycles. The maximum Gasteiger partial charge on any atom is 0.191 e. The quantitative estimate of drug-likeness (QED) is 0.582. The summed E-state index contributed by atoms with van der Waals surface area (Å²) in [7, 11) is 3.48. The van der Waals surface area contributed by atoms with Gasteiger partial charge in [0.2, 0.25) is 0 Å². The van der Waals surface area contributed by atoms with Gasteiger partial charge < -0.3 is 20.3 Å². The predicted molar refractivity (Wildman–Crippen MR) is 111 cm³/mol. The van der Waals surface area contributed by atoms with E-state index in [9.17, 15) is 0 Å². The number of benzene rings is 1. The maximum atomic E-state index is 5.19. The number of ether oxygens (including phenoxy) is 1. The van der Waals surface area contributed by atoms with Crippen LogP contribution in [0.4, 0.5) is 5.82 Å². The number of methoxy groups -OCH3 is 1. The number of aliphatic imine (C=N–C) groups is 1. The first-order chi connectivity index (χ1) is 13.3. The Morgan fingerprint density at radius 3 is 2.59 bits per heavy atom. The Hall–Kier alpha value is -2.76. The van der Waals surface area contributed by atoms with Crippen LogP contribution in [0.1, 0.15) is 24.0 Å². The zero-order chi connectivity index (χ0) is 18.9. The molecule has 1 fully saturated rings. The van der Waals surface area contributed by atoms with Crippen molar-refractivity contribution in [2.75, 3.05) is 38.7 Å². The van der Waals surface area contributed by atoms with Crippen molar-refractivity contribution < 1.29 is 4.74 Å². The summed E-state index contributed by atoms with van der Waals surface area (Å²) in [5.74, 6) is 2.77. The van der Waals surface area contributed by atoms with Crippen LogP contribution in [0, 0.1) is 0 Å². The van der Waals surface area contributed by atoms with Gasteiger partial charge in [0.1, 0.15) is 11.6 Å². The van der Waals surface area contributed by atoms with Crippen LogP contribution in [0.3, 0.4) is 0 Å². The Balaban J connectivity index is 1.45. The number of nitrogens with one attached hydrogen (secondary N) is 2. The third kappa shape index (κ3) is 5.61. The topological polar surface area (TPSA) is 61.8 Å². The lowest BCUT2D eigenvalue weighted by atomic mass is 10.1. The van der Waals surface area contributed by atoms with Gasteiger partial charge in [0.05, 0.1) is 7.11 Å². The minimum Gasteiger partial charge on any atom is -0.497 e. The highest BCUT2D eigenvalue weighted by atomic mass is 16.5. The van der Waals surface area contributed by atoms with Crippen LogP contribution in [0.25, 0.3) is 0 Å². The third-order valence-corrected chi connectivity index (χ3v) is 4.79. The molecule has 0 bridgehead atoms. The fourth-order valence-corrected chi connectivity index (χ4v) is 3.21. The number of rotatable bonds is 7. The highest BCUT2D eigenvalue weighted by Crippen LogP contribution is 2.18. The van der Waals surface area contributed by atoms with Crippen molar-refractivity contribution in [2.24, 2.45) is 4.99 Å². The standard InChI is InChI=1S/C21H29N5O/c1-22-21(24-12-9-17-5-7-19(27-2)8-6-17)25-16-18-10-11-23-20(15-18)26-13-3-4-14-26/h5-8,10-11,15H,3-4,9,12-14,16H2,1-2H3,(H2,22,24,25). The van der Waals surface area contributed by atoms with E-state index in [1.54, 1.807) is 14.2 Å². The molecular weight excluding hydrogens is 338 g/mol. The van der Waals surface area contributed by atoms with Crippen molar-refractivity contribution in [3.05, 3.63) is 53.7 Å². The minimum absolute atomic E-state index is 0.728. The number of aromatic nitrogens is 1. The fourth-order valence-electron chi connectivity index (χ4n) is 3.21. The van der Waals surface area contributed by atoms with E-state index in [1.165, 1.54) is 24.0 Å². The van der Waals surface area contributed by atoms with Gasteiger partial charge in [-0.2, -0.15) is 0 Å². The first-order valence-corrected chi connectivity index (χ1v) is 9.56. The van der Waals surface area contributed by atoms with Gasteiger partial charge in [0, 0.05) is 39.4 Å². The zero-order valence-corrected chi connectivity index (χ0v) is 16.2. The Labute approximate surface area is 161 Å². The lowest BCUT2D eigenvalue weighted by Crippen LogP contribution is -2.37. The Kier molecular flexibility index (Phi) is 6.90. The molecule has 144 valence electrons. The second-order valence-electron chi connectivity index (χ2n) is 6.67. The average molecular weight is 367 g/mol. The zero-order valence-electron chi connectivity index (χ0n) is 16.2. The van der Waals surface area contributed by atoms with E-state index in [0.29, 0.717) is 0 Å². The van der Waals surface area contributed by atoms with Gasteiger partial charge in [-0.25, -0.2) is 4.98 Å². The highest BCUT2D eigenvalue weighted by Gasteiger charge is 2.13. The molecule has 6 heteroatoms. The highest BCUT2D eigenvalue weighted by molar-refractivity contribution is 5.79. The molecule has 2 N–H and O–H groups in total. The largest absolute Gasteiger partial charge is 0.497 e. The molecule has 0 amide bonds. The van der Waals surface area contributed by atoms with Crippen molar-refractivity contribution in [3.8, 4) is 5.75 Å². The summed E-state index contributed by atoms with van der Waals surface area (Å²) >= 11 is 0. The van der Waals surface area contributed by atoms with Gasteiger partial charge in [-0.05, 0) is 54.7 Å². The molecule has 27 heavy (non-hydrogen) atoms. The number of hydrogen-bond acceptors (Lipinski definition) is 4. The SMILES string of the molecule is CN=C(NCCc1ccc(OC)cc1)NCc1ccnc(N2CCCC2)c1. The van der Waals surface area contributed by atoms with Crippen molar-refractivity contribution in [2.45, 2.75) is 25.8 Å². The second kappa shape index (κ2) is 9.80. The second-order valence-corrected chi connectivity index (χ2v) is 6.67. The van der Waals surface area contributed by atoms with Gasteiger partial charge in [-0.15, -0.1) is 0 Å². The van der Waals surface area contributed by atoms with E-state index in [-0.39, 0.29) is 0 Å². The Morgan fingerprint density at radius 2 is 1.89 bits per heavy atom. The van der Waals surface area contributed by atoms with Gasteiger partial charge in [0.15, 0.2) is 5.96 Å². The Bertz CT molecular complexity index is 738. The van der Waals surface area contributed by atoms with Crippen molar-refractivity contribution in [1.29, 1.82) is 0 Å². The molecule has 0 unspecified atom stereocenters. The lowest BCUT2D eigenvalue weighted by Gasteiger charge is -2.17. The van der Waals surface area contributed by atoms with Crippen LogP contribution in [0.5, 0.6) is 5.75 Å². The molecule has 1 aliphatic heterocycles. The summed E-state index contributed by atoms with van der Waals surface area (Å²) in [4.78, 5) is 11.2. The predicted octanol–water partition coefficient (Wildman–Crippen LogP) is 2.60. The summed E-state index contributed by atoms with van der Waals surface area (Å²) in [6.45, 7) is 3.77. The van der Waals surface area contributed by atoms with Crippen molar-refractivity contribution >= 4 is 11.8 Å². The van der Waals surface area contributed by atoms with Crippen LogP contribution in [0.2, 0.25) is 0 Å². The van der Waals surface area contributed by atoms with Gasteiger partial charge >= 0.3 is 0 Å². The van der Waals surface area contributed by atoms with Crippen molar-refractivity contribution in [3.63, 3.8) is 0 Å². The normalized spacial score (nSPS) is 14.3. The molecule has 2 aromatic rings. The molecule has 1 aromatic carbocycles. The molecule has 3 rings (SSSR count). The molecule has 0 atom stereocenters.